The van der Waals surface area contributed by atoms with Gasteiger partial charge in [-0.15, -0.1) is 10.1 Å². The van der Waals surface area contributed by atoms with E-state index in [0.717, 1.165) is 38.5 Å². The highest BCUT2D eigenvalue weighted by atomic mass is 16.7. The van der Waals surface area contributed by atoms with E-state index in [2.05, 4.69) is 0 Å². The number of carbonyl (C=O) groups excluding carboxylic acids is 8. The van der Waals surface area contributed by atoms with Crippen LogP contribution in [0.1, 0.15) is 116 Å². The van der Waals surface area contributed by atoms with E-state index in [-0.39, 0.29) is 89.7 Å². The van der Waals surface area contributed by atoms with Crippen LogP contribution in [-0.2, 0) is 62.2 Å². The van der Waals surface area contributed by atoms with Crippen molar-refractivity contribution in [2.75, 3.05) is 26.4 Å². The molecule has 0 spiro atoms. The Morgan fingerprint density at radius 2 is 0.711 bits per heavy atom. The third-order valence-corrected chi connectivity index (χ3v) is 6.90. The fraction of sp³-hybridized carbons (Fsp3) is 0.733. The number of rotatable bonds is 24. The molecule has 0 aromatic carbocycles. The number of hydrogen-bond acceptors (Lipinski definition) is 13. The molecule has 2 aliphatic rings. The van der Waals surface area contributed by atoms with E-state index in [4.69, 9.17) is 23.9 Å². The molecule has 0 aliphatic carbocycles. The monoisotopic (exact) mass is 640 g/mol. The van der Waals surface area contributed by atoms with Gasteiger partial charge in [0.25, 0.3) is 23.6 Å². The molecule has 0 radical (unpaired) electrons. The third kappa shape index (κ3) is 16.1. The summed E-state index contributed by atoms with van der Waals surface area (Å²) in [5.74, 6) is -3.88. The molecule has 4 amide bonds. The van der Waals surface area contributed by atoms with Crippen LogP contribution >= 0.6 is 0 Å². The van der Waals surface area contributed by atoms with Crippen molar-refractivity contribution in [3.63, 3.8) is 0 Å². The van der Waals surface area contributed by atoms with Gasteiger partial charge in [-0.3, -0.25) is 28.8 Å². The number of unbranched alkanes of at least 4 members (excludes halogenated alkanes) is 8. The normalized spacial score (nSPS) is 14.7. The van der Waals surface area contributed by atoms with Crippen molar-refractivity contribution in [1.29, 1.82) is 0 Å². The summed E-state index contributed by atoms with van der Waals surface area (Å²) in [4.78, 5) is 102. The van der Waals surface area contributed by atoms with E-state index < -0.39 is 35.6 Å². The summed E-state index contributed by atoms with van der Waals surface area (Å²) >= 11 is 0. The van der Waals surface area contributed by atoms with Crippen molar-refractivity contribution in [1.82, 2.24) is 10.1 Å². The summed E-state index contributed by atoms with van der Waals surface area (Å²) in [7, 11) is 0. The Bertz CT molecular complexity index is 933. The van der Waals surface area contributed by atoms with Crippen LogP contribution in [0.4, 0.5) is 0 Å². The van der Waals surface area contributed by atoms with Crippen molar-refractivity contribution in [2.24, 2.45) is 0 Å². The molecule has 0 saturated carbocycles. The molecular weight excluding hydrogens is 596 g/mol. The average molecular weight is 641 g/mol. The topological polar surface area (TPSA) is 189 Å². The number of amides is 4. The molecule has 2 aliphatic heterocycles. The van der Waals surface area contributed by atoms with E-state index in [1.807, 2.05) is 0 Å². The number of hydroxylamine groups is 4. The fourth-order valence-electron chi connectivity index (χ4n) is 4.42. The SMILES string of the molecule is O=C(CCCCCCCC(=O)ON1C(=O)CCC1=O)OCCOCCOC(=O)CCCCCCCC(=O)ON1C(=O)CCC1=O. The average Bonchev–Trinajstić information content (AvgIpc) is 3.49. The predicted molar refractivity (Wildman–Crippen MR) is 152 cm³/mol. The molecule has 15 nitrogen and oxygen atoms in total. The summed E-state index contributed by atoms with van der Waals surface area (Å²) < 4.78 is 15.5. The lowest BCUT2D eigenvalue weighted by atomic mass is 10.1. The first-order chi connectivity index (χ1) is 21.7. The van der Waals surface area contributed by atoms with E-state index in [0.29, 0.717) is 35.8 Å². The second kappa shape index (κ2) is 21.8. The van der Waals surface area contributed by atoms with Gasteiger partial charge in [0.1, 0.15) is 13.2 Å². The van der Waals surface area contributed by atoms with Gasteiger partial charge >= 0.3 is 23.9 Å². The predicted octanol–water partition coefficient (Wildman–Crippen LogP) is 2.77. The van der Waals surface area contributed by atoms with Gasteiger partial charge in [0.15, 0.2) is 0 Å². The molecule has 0 bridgehead atoms. The Kier molecular flexibility index (Phi) is 18.0. The van der Waals surface area contributed by atoms with Crippen LogP contribution in [0.3, 0.4) is 0 Å². The zero-order chi connectivity index (χ0) is 32.9. The summed E-state index contributed by atoms with van der Waals surface area (Å²) in [5, 5.41) is 1.09. The quantitative estimate of drug-likeness (QED) is 0.0851. The van der Waals surface area contributed by atoms with Crippen LogP contribution in [0.25, 0.3) is 0 Å². The first-order valence-corrected chi connectivity index (χ1v) is 15.7. The van der Waals surface area contributed by atoms with Crippen molar-refractivity contribution < 1.29 is 62.2 Å². The minimum absolute atomic E-state index is 0.0626. The highest BCUT2D eigenvalue weighted by Gasteiger charge is 2.33. The van der Waals surface area contributed by atoms with Crippen LogP contribution in [0.15, 0.2) is 0 Å². The van der Waals surface area contributed by atoms with E-state index >= 15 is 0 Å². The molecule has 0 atom stereocenters. The number of ether oxygens (including phenoxy) is 3. The summed E-state index contributed by atoms with van der Waals surface area (Å²) in [6.45, 7) is 0.574. The molecule has 2 heterocycles. The van der Waals surface area contributed by atoms with E-state index in [9.17, 15) is 38.4 Å². The van der Waals surface area contributed by atoms with Gasteiger partial charge in [0.2, 0.25) is 0 Å². The summed E-state index contributed by atoms with van der Waals surface area (Å²) in [5.41, 5.74) is 0. The van der Waals surface area contributed by atoms with Crippen LogP contribution < -0.4 is 0 Å². The minimum atomic E-state index is -0.610. The zero-order valence-corrected chi connectivity index (χ0v) is 25.8. The van der Waals surface area contributed by atoms with Gasteiger partial charge in [-0.2, -0.15) is 0 Å². The van der Waals surface area contributed by atoms with Gasteiger partial charge in [0, 0.05) is 51.4 Å². The maximum absolute atomic E-state index is 11.8. The molecule has 0 N–H and O–H groups in total. The number of carbonyl (C=O) groups is 8. The maximum Gasteiger partial charge on any atom is 0.333 e. The zero-order valence-electron chi connectivity index (χ0n) is 25.8. The van der Waals surface area contributed by atoms with Crippen molar-refractivity contribution >= 4 is 47.5 Å². The van der Waals surface area contributed by atoms with Crippen LogP contribution in [0.2, 0.25) is 0 Å². The molecule has 15 heteroatoms. The number of hydrogen-bond donors (Lipinski definition) is 0. The van der Waals surface area contributed by atoms with Crippen LogP contribution in [0.5, 0.6) is 0 Å². The Labute approximate surface area is 262 Å². The highest BCUT2D eigenvalue weighted by molar-refractivity contribution is 6.02. The molecule has 252 valence electrons. The van der Waals surface area contributed by atoms with Gasteiger partial charge in [-0.05, 0) is 25.7 Å². The highest BCUT2D eigenvalue weighted by Crippen LogP contribution is 2.15. The molecule has 2 saturated heterocycles. The smallest absolute Gasteiger partial charge is 0.333 e. The van der Waals surface area contributed by atoms with E-state index in [1.54, 1.807) is 0 Å². The summed E-state index contributed by atoms with van der Waals surface area (Å²) in [6.07, 6.45) is 8.15. The molecule has 2 rings (SSSR count). The molecule has 0 aromatic heterocycles. The Hall–Kier alpha value is -3.88. The molecule has 0 unspecified atom stereocenters. The molecular formula is C30H44N2O13. The third-order valence-electron chi connectivity index (χ3n) is 6.90. The molecule has 0 aromatic rings. The largest absolute Gasteiger partial charge is 0.463 e. The Morgan fingerprint density at radius 3 is 1.04 bits per heavy atom. The Morgan fingerprint density at radius 1 is 0.422 bits per heavy atom. The fourth-order valence-corrected chi connectivity index (χ4v) is 4.42. The number of imide groups is 2. The van der Waals surface area contributed by atoms with Gasteiger partial charge in [-0.25, -0.2) is 9.59 Å². The number of esters is 2. The van der Waals surface area contributed by atoms with Crippen molar-refractivity contribution in [2.45, 2.75) is 116 Å². The standard InChI is InChI=1S/C30H44N2O13/c33-23-15-16-24(34)31(23)44-29(39)13-9-5-1-3-7-11-27(37)42-21-19-41-20-22-43-28(38)12-8-4-2-6-10-14-30(40)45-32-25(35)17-18-26(32)36/h1-22H2. The number of nitrogens with zero attached hydrogens (tertiary/aromatic N) is 2. The van der Waals surface area contributed by atoms with Crippen molar-refractivity contribution in [3.05, 3.63) is 0 Å². The van der Waals surface area contributed by atoms with Crippen molar-refractivity contribution in [3.8, 4) is 0 Å². The minimum Gasteiger partial charge on any atom is -0.463 e. The molecule has 45 heavy (non-hydrogen) atoms. The van der Waals surface area contributed by atoms with Gasteiger partial charge in [-0.1, -0.05) is 38.5 Å². The lowest BCUT2D eigenvalue weighted by Gasteiger charge is -2.12. The lowest BCUT2D eigenvalue weighted by Crippen LogP contribution is -2.31. The van der Waals surface area contributed by atoms with Gasteiger partial charge < -0.3 is 23.9 Å². The lowest BCUT2D eigenvalue weighted by molar-refractivity contribution is -0.197. The molecule has 2 fully saturated rings. The second-order valence-electron chi connectivity index (χ2n) is 10.7. The first kappa shape index (κ1) is 37.3. The van der Waals surface area contributed by atoms with Crippen LogP contribution in [0, 0.1) is 0 Å². The van der Waals surface area contributed by atoms with E-state index in [1.165, 1.54) is 0 Å². The first-order valence-electron chi connectivity index (χ1n) is 15.7. The van der Waals surface area contributed by atoms with Gasteiger partial charge in [0.05, 0.1) is 13.2 Å². The maximum atomic E-state index is 11.8. The second-order valence-corrected chi connectivity index (χ2v) is 10.7. The van der Waals surface area contributed by atoms with Crippen LogP contribution in [-0.4, -0.2) is 84.1 Å². The summed E-state index contributed by atoms with van der Waals surface area (Å²) in [6, 6.07) is 0. The Balaban J connectivity index is 1.29.